The topological polar surface area (TPSA) is 29.1 Å². The second-order valence-electron chi connectivity index (χ2n) is 2.99. The maximum absolute atomic E-state index is 10.8. The number of hydrogen-bond acceptors (Lipinski definition) is 1. The first-order valence-corrected chi connectivity index (χ1v) is 4.44. The van der Waals surface area contributed by atoms with Gasteiger partial charge in [0.2, 0.25) is 0 Å². The molecule has 0 aliphatic heterocycles. The van der Waals surface area contributed by atoms with E-state index in [1.54, 1.807) is 0 Å². The summed E-state index contributed by atoms with van der Waals surface area (Å²) in [6.45, 7) is 7.90. The summed E-state index contributed by atoms with van der Waals surface area (Å²) in [6, 6.07) is 0. The molecule has 0 fully saturated rings. The normalized spacial score (nSPS) is 15.6. The highest BCUT2D eigenvalue weighted by Gasteiger charge is 2.10. The van der Waals surface area contributed by atoms with E-state index in [2.05, 4.69) is 4.72 Å². The third kappa shape index (κ3) is 5.99. The van der Waals surface area contributed by atoms with Crippen LogP contribution in [0.3, 0.4) is 0 Å². The zero-order valence-electron chi connectivity index (χ0n) is 6.52. The highest BCUT2D eigenvalue weighted by molar-refractivity contribution is 7.83. The van der Waals surface area contributed by atoms with Gasteiger partial charge in [0.1, 0.15) is 0 Å². The zero-order valence-corrected chi connectivity index (χ0v) is 7.34. The van der Waals surface area contributed by atoms with Crippen molar-refractivity contribution in [1.82, 2.24) is 4.72 Å². The molecule has 0 saturated carbocycles. The summed E-state index contributed by atoms with van der Waals surface area (Å²) in [5.41, 5.74) is -0.0269. The SMILES string of the molecule is CCS(=O)NC(C)(C)C. The minimum absolute atomic E-state index is 0.0269. The highest BCUT2D eigenvalue weighted by atomic mass is 32.2. The Morgan fingerprint density at radius 2 is 1.89 bits per heavy atom. The lowest BCUT2D eigenvalue weighted by atomic mass is 10.1. The second kappa shape index (κ2) is 3.32. The molecule has 3 heteroatoms. The number of rotatable bonds is 2. The van der Waals surface area contributed by atoms with Gasteiger partial charge in [-0.25, -0.2) is 8.93 Å². The van der Waals surface area contributed by atoms with Gasteiger partial charge in [-0.15, -0.1) is 0 Å². The lowest BCUT2D eigenvalue weighted by molar-refractivity contribution is 0.520. The van der Waals surface area contributed by atoms with E-state index in [1.165, 1.54) is 0 Å². The molecule has 0 rings (SSSR count). The minimum Gasteiger partial charge on any atom is -0.243 e. The molecular formula is C6H15NOS. The predicted octanol–water partition coefficient (Wildman–Crippen LogP) is 1.06. The van der Waals surface area contributed by atoms with Crippen LogP contribution in [0.4, 0.5) is 0 Å². The summed E-state index contributed by atoms with van der Waals surface area (Å²) in [6.07, 6.45) is 0. The molecular weight excluding hydrogens is 134 g/mol. The molecule has 1 atom stereocenters. The molecule has 0 amide bonds. The van der Waals surface area contributed by atoms with Gasteiger partial charge in [0.05, 0.1) is 11.0 Å². The molecule has 9 heavy (non-hydrogen) atoms. The minimum atomic E-state index is -0.846. The van der Waals surface area contributed by atoms with Crippen molar-refractivity contribution in [1.29, 1.82) is 0 Å². The predicted molar refractivity (Wildman–Crippen MR) is 41.6 cm³/mol. The Morgan fingerprint density at radius 3 is 2.00 bits per heavy atom. The molecule has 0 radical (unpaired) electrons. The summed E-state index contributed by atoms with van der Waals surface area (Å²) in [5.74, 6) is 0.678. The van der Waals surface area contributed by atoms with Crippen LogP contribution in [-0.4, -0.2) is 15.5 Å². The average Bonchev–Trinajstić information content (AvgIpc) is 1.62. The van der Waals surface area contributed by atoms with Crippen molar-refractivity contribution in [2.45, 2.75) is 33.2 Å². The van der Waals surface area contributed by atoms with Crippen molar-refractivity contribution >= 4 is 11.0 Å². The lowest BCUT2D eigenvalue weighted by Gasteiger charge is -2.18. The fraction of sp³-hybridized carbons (Fsp3) is 1.00. The van der Waals surface area contributed by atoms with E-state index in [9.17, 15) is 4.21 Å². The van der Waals surface area contributed by atoms with E-state index < -0.39 is 11.0 Å². The van der Waals surface area contributed by atoms with Gasteiger partial charge in [-0.3, -0.25) is 0 Å². The van der Waals surface area contributed by atoms with Crippen molar-refractivity contribution in [3.63, 3.8) is 0 Å². The first-order chi connectivity index (χ1) is 3.95. The van der Waals surface area contributed by atoms with E-state index in [0.29, 0.717) is 5.75 Å². The number of nitrogens with one attached hydrogen (secondary N) is 1. The quantitative estimate of drug-likeness (QED) is 0.625. The summed E-state index contributed by atoms with van der Waals surface area (Å²) in [5, 5.41) is 0. The van der Waals surface area contributed by atoms with Crippen LogP contribution in [0.1, 0.15) is 27.7 Å². The van der Waals surface area contributed by atoms with Crippen molar-refractivity contribution in [3.8, 4) is 0 Å². The van der Waals surface area contributed by atoms with Gasteiger partial charge in [0, 0.05) is 11.3 Å². The summed E-state index contributed by atoms with van der Waals surface area (Å²) in [4.78, 5) is 0. The fourth-order valence-electron chi connectivity index (χ4n) is 0.414. The third-order valence-electron chi connectivity index (χ3n) is 0.682. The van der Waals surface area contributed by atoms with Crippen LogP contribution in [-0.2, 0) is 11.0 Å². The Bertz CT molecular complexity index is 106. The standard InChI is InChI=1S/C6H15NOS/c1-5-9(8)7-6(2,3)4/h7H,5H2,1-4H3. The van der Waals surface area contributed by atoms with E-state index in [0.717, 1.165) is 0 Å². The van der Waals surface area contributed by atoms with Crippen LogP contribution in [0.2, 0.25) is 0 Å². The smallest absolute Gasteiger partial charge is 0.0917 e. The maximum atomic E-state index is 10.8. The van der Waals surface area contributed by atoms with Gasteiger partial charge in [-0.1, -0.05) is 6.92 Å². The van der Waals surface area contributed by atoms with Gasteiger partial charge >= 0.3 is 0 Å². The van der Waals surface area contributed by atoms with Gasteiger partial charge in [0.25, 0.3) is 0 Å². The summed E-state index contributed by atoms with van der Waals surface area (Å²) < 4.78 is 13.8. The third-order valence-corrected chi connectivity index (χ3v) is 2.05. The molecule has 1 unspecified atom stereocenters. The molecule has 0 bridgehead atoms. The highest BCUT2D eigenvalue weighted by Crippen LogP contribution is 1.98. The van der Waals surface area contributed by atoms with Crippen LogP contribution in [0.25, 0.3) is 0 Å². The monoisotopic (exact) mass is 149 g/mol. The van der Waals surface area contributed by atoms with E-state index in [1.807, 2.05) is 27.7 Å². The molecule has 0 aromatic rings. The van der Waals surface area contributed by atoms with Crippen LogP contribution < -0.4 is 4.72 Å². The summed E-state index contributed by atoms with van der Waals surface area (Å²) in [7, 11) is -0.846. The molecule has 0 spiro atoms. The fourth-order valence-corrected chi connectivity index (χ4v) is 1.24. The van der Waals surface area contributed by atoms with Crippen molar-refractivity contribution in [2.75, 3.05) is 5.75 Å². The maximum Gasteiger partial charge on any atom is 0.0917 e. The van der Waals surface area contributed by atoms with E-state index in [4.69, 9.17) is 0 Å². The van der Waals surface area contributed by atoms with Gasteiger partial charge in [-0.2, -0.15) is 0 Å². The molecule has 0 aliphatic carbocycles. The van der Waals surface area contributed by atoms with Crippen LogP contribution >= 0.6 is 0 Å². The molecule has 56 valence electrons. The Kier molecular flexibility index (Phi) is 3.36. The first kappa shape index (κ1) is 9.11. The largest absolute Gasteiger partial charge is 0.243 e. The molecule has 0 heterocycles. The van der Waals surface area contributed by atoms with Crippen molar-refractivity contribution in [2.24, 2.45) is 0 Å². The molecule has 0 saturated heterocycles. The summed E-state index contributed by atoms with van der Waals surface area (Å²) >= 11 is 0. The lowest BCUT2D eigenvalue weighted by Crippen LogP contribution is -2.37. The molecule has 1 N–H and O–H groups in total. The molecule has 0 aromatic carbocycles. The van der Waals surface area contributed by atoms with E-state index in [-0.39, 0.29) is 5.54 Å². The van der Waals surface area contributed by atoms with Crippen molar-refractivity contribution < 1.29 is 4.21 Å². The molecule has 2 nitrogen and oxygen atoms in total. The number of hydrogen-bond donors (Lipinski definition) is 1. The van der Waals surface area contributed by atoms with Crippen LogP contribution in [0.5, 0.6) is 0 Å². The Labute approximate surface area is 59.6 Å². The van der Waals surface area contributed by atoms with Gasteiger partial charge < -0.3 is 0 Å². The van der Waals surface area contributed by atoms with E-state index >= 15 is 0 Å². The zero-order chi connectivity index (χ0) is 7.49. The van der Waals surface area contributed by atoms with Crippen LogP contribution in [0, 0.1) is 0 Å². The Hall–Kier alpha value is 0.110. The first-order valence-electron chi connectivity index (χ1n) is 3.12. The van der Waals surface area contributed by atoms with Crippen LogP contribution in [0.15, 0.2) is 0 Å². The molecule has 0 aliphatic rings. The average molecular weight is 149 g/mol. The molecule has 0 aromatic heterocycles. The Balaban J connectivity index is 3.60. The van der Waals surface area contributed by atoms with Crippen molar-refractivity contribution in [3.05, 3.63) is 0 Å². The Morgan fingerprint density at radius 1 is 1.44 bits per heavy atom. The second-order valence-corrected chi connectivity index (χ2v) is 4.46. The van der Waals surface area contributed by atoms with Gasteiger partial charge in [-0.05, 0) is 20.8 Å². The van der Waals surface area contributed by atoms with Gasteiger partial charge in [0.15, 0.2) is 0 Å².